The van der Waals surface area contributed by atoms with E-state index in [0.717, 1.165) is 89.6 Å². The van der Waals surface area contributed by atoms with Crippen LogP contribution in [0.2, 0.25) is 0 Å². The van der Waals surface area contributed by atoms with Crippen molar-refractivity contribution >= 4 is 43.6 Å². The second-order valence-corrected chi connectivity index (χ2v) is 21.6. The highest BCUT2D eigenvalue weighted by Gasteiger charge is 2.41. The molecule has 0 fully saturated rings. The van der Waals surface area contributed by atoms with E-state index in [1.165, 1.54) is 54.9 Å². The number of rotatable bonds is 8. The normalized spacial score (nSPS) is 14.1. The van der Waals surface area contributed by atoms with Crippen LogP contribution in [0.1, 0.15) is 45.2 Å². The highest BCUT2D eigenvalue weighted by molar-refractivity contribution is 6.11. The van der Waals surface area contributed by atoms with Gasteiger partial charge in [-0.25, -0.2) is 19.9 Å². The molecule has 0 saturated carbocycles. The van der Waals surface area contributed by atoms with Gasteiger partial charge in [0.15, 0.2) is 11.6 Å². The first-order valence-corrected chi connectivity index (χ1v) is 28.1. The van der Waals surface area contributed by atoms with Crippen molar-refractivity contribution in [3.63, 3.8) is 0 Å². The second kappa shape index (κ2) is 18.4. The van der Waals surface area contributed by atoms with Crippen LogP contribution in [0.15, 0.2) is 279 Å². The summed E-state index contributed by atoms with van der Waals surface area (Å²) < 4.78 is 4.78. The molecule has 2 atom stereocenters. The van der Waals surface area contributed by atoms with Gasteiger partial charge in [-0.3, -0.25) is 0 Å². The Morgan fingerprint density at radius 2 is 0.549 bits per heavy atom. The molecule has 3 aliphatic rings. The van der Waals surface area contributed by atoms with E-state index in [-0.39, 0.29) is 11.8 Å². The number of benzene rings is 11. The second-order valence-electron chi connectivity index (χ2n) is 21.6. The molecule has 0 amide bonds. The fourth-order valence-electron chi connectivity index (χ4n) is 13.6. The molecular weight excluding hydrogens is 997 g/mol. The molecule has 0 radical (unpaired) electrons. The number of hydrogen-bond donors (Lipinski definition) is 0. The zero-order chi connectivity index (χ0) is 53.8. The van der Waals surface area contributed by atoms with Crippen molar-refractivity contribution in [2.24, 2.45) is 0 Å². The first-order valence-electron chi connectivity index (χ1n) is 28.1. The lowest BCUT2D eigenvalue weighted by atomic mass is 9.60. The Kier molecular flexibility index (Phi) is 10.3. The molecule has 0 N–H and O–H groups in total. The van der Waals surface area contributed by atoms with Gasteiger partial charge in [0.25, 0.3) is 0 Å². The maximum atomic E-state index is 5.41. The van der Waals surface area contributed by atoms with Crippen molar-refractivity contribution in [1.29, 1.82) is 0 Å². The average Bonchev–Trinajstić information content (AvgIpc) is 1.74. The Hall–Kier alpha value is -10.8. The molecule has 6 nitrogen and oxygen atoms in total. The van der Waals surface area contributed by atoms with Gasteiger partial charge in [0.05, 0.1) is 56.2 Å². The molecule has 2 unspecified atom stereocenters. The van der Waals surface area contributed by atoms with Crippen LogP contribution in [0, 0.1) is 0 Å². The molecule has 6 heteroatoms. The SMILES string of the molecule is c1ccc(-c2nc(-c3ccc4c(c3)C3c5ccccc5C4c4cc(-c5cc(-c6ccccc6-n6c7ccccc7c7ccccc76)nc(-c6ccccc6)n5)ccc43)cc(-c3ccccc3-n3c4ccccc4c4ccccc43)n2)cc1. The van der Waals surface area contributed by atoms with Crippen molar-refractivity contribution < 1.29 is 0 Å². The van der Waals surface area contributed by atoms with Gasteiger partial charge in [0, 0.05) is 66.8 Å². The van der Waals surface area contributed by atoms with E-state index in [0.29, 0.717) is 11.6 Å². The summed E-state index contributed by atoms with van der Waals surface area (Å²) in [6.07, 6.45) is 0. The van der Waals surface area contributed by atoms with E-state index in [4.69, 9.17) is 19.9 Å². The highest BCUT2D eigenvalue weighted by atomic mass is 15.0. The lowest BCUT2D eigenvalue weighted by molar-refractivity contribution is 0.755. The number of para-hydroxylation sites is 6. The maximum Gasteiger partial charge on any atom is 0.160 e. The van der Waals surface area contributed by atoms with Gasteiger partial charge in [-0.15, -0.1) is 0 Å². The van der Waals surface area contributed by atoms with E-state index in [1.54, 1.807) is 0 Å². The minimum Gasteiger partial charge on any atom is -0.309 e. The molecule has 0 aliphatic heterocycles. The van der Waals surface area contributed by atoms with Crippen LogP contribution >= 0.6 is 0 Å². The first kappa shape index (κ1) is 46.1. The summed E-state index contributed by atoms with van der Waals surface area (Å²) in [4.78, 5) is 21.6. The third kappa shape index (κ3) is 7.14. The molecule has 15 aromatic rings. The van der Waals surface area contributed by atoms with E-state index in [2.05, 4.69) is 276 Å². The number of fused-ring (bicyclic) bond motifs is 6. The average molecular weight is 1050 g/mol. The van der Waals surface area contributed by atoms with Crippen LogP contribution in [0.4, 0.5) is 0 Å². The van der Waals surface area contributed by atoms with Crippen molar-refractivity contribution in [1.82, 2.24) is 29.1 Å². The monoisotopic (exact) mass is 1040 g/mol. The molecule has 0 spiro atoms. The zero-order valence-electron chi connectivity index (χ0n) is 44.4. The lowest BCUT2D eigenvalue weighted by Gasteiger charge is -2.42. The Morgan fingerprint density at radius 3 is 0.951 bits per heavy atom. The minimum absolute atomic E-state index is 0.0186. The molecule has 82 heavy (non-hydrogen) atoms. The lowest BCUT2D eigenvalue weighted by Crippen LogP contribution is -2.27. The first-order chi connectivity index (χ1) is 40.7. The van der Waals surface area contributed by atoms with Crippen molar-refractivity contribution in [3.05, 3.63) is 312 Å². The fraction of sp³-hybridized carbons (Fsp3) is 0.0263. The van der Waals surface area contributed by atoms with Gasteiger partial charge in [-0.1, -0.05) is 218 Å². The fourth-order valence-corrected chi connectivity index (χ4v) is 13.6. The zero-order valence-corrected chi connectivity index (χ0v) is 44.4. The summed E-state index contributed by atoms with van der Waals surface area (Å²) in [5, 5.41) is 4.88. The van der Waals surface area contributed by atoms with Crippen LogP contribution in [-0.2, 0) is 0 Å². The van der Waals surface area contributed by atoms with Crippen LogP contribution in [0.5, 0.6) is 0 Å². The molecule has 18 rings (SSSR count). The Labute approximate surface area is 473 Å². The van der Waals surface area contributed by atoms with E-state index < -0.39 is 0 Å². The van der Waals surface area contributed by atoms with Gasteiger partial charge in [0.1, 0.15) is 0 Å². The predicted octanol–water partition coefficient (Wildman–Crippen LogP) is 18.4. The van der Waals surface area contributed by atoms with E-state index >= 15 is 0 Å². The molecular formula is C76H48N6. The maximum absolute atomic E-state index is 5.41. The van der Waals surface area contributed by atoms with Crippen molar-refractivity contribution in [3.8, 4) is 79.2 Å². The summed E-state index contributed by atoms with van der Waals surface area (Å²) in [6, 6.07) is 100. The molecule has 0 saturated heterocycles. The minimum atomic E-state index is 0.0186. The molecule has 382 valence electrons. The third-order valence-electron chi connectivity index (χ3n) is 17.1. The molecule has 3 aliphatic carbocycles. The smallest absolute Gasteiger partial charge is 0.160 e. The summed E-state index contributed by atoms with van der Waals surface area (Å²) in [7, 11) is 0. The van der Waals surface area contributed by atoms with Crippen molar-refractivity contribution in [2.75, 3.05) is 0 Å². The molecule has 2 bridgehead atoms. The summed E-state index contributed by atoms with van der Waals surface area (Å²) >= 11 is 0. The Bertz CT molecular complexity index is 4650. The Balaban J connectivity index is 0.804. The van der Waals surface area contributed by atoms with E-state index in [9.17, 15) is 0 Å². The summed E-state index contributed by atoms with van der Waals surface area (Å²) in [5.74, 6) is 1.41. The number of aromatic nitrogens is 6. The van der Waals surface area contributed by atoms with Crippen LogP contribution < -0.4 is 0 Å². The standard InChI is InChI=1S/C76H48N6/c1-3-21-47(22-4-1)75-77-63(45-65(79-75)59-31-13-19-37-71(59)81-67-33-15-9-25-51(67)52-26-10-16-34-68(52)81)49-39-41-57-61(43-49)73-55-29-7-8-30-56(55)74(57)62-44-50(40-42-58(62)73)64-46-66(80-76(78-64)48-23-5-2-6-24-48)60-32-14-20-38-72(60)82-69-35-17-11-27-53(69)54-28-12-18-36-70(54)82/h1-46,73-74H. The van der Waals surface area contributed by atoms with Crippen LogP contribution in [0.25, 0.3) is 123 Å². The van der Waals surface area contributed by atoms with Crippen LogP contribution in [0.3, 0.4) is 0 Å². The molecule has 11 aromatic carbocycles. The van der Waals surface area contributed by atoms with Gasteiger partial charge in [-0.2, -0.15) is 0 Å². The summed E-state index contributed by atoms with van der Waals surface area (Å²) in [6.45, 7) is 0. The molecule has 4 heterocycles. The van der Waals surface area contributed by atoms with Crippen LogP contribution in [-0.4, -0.2) is 29.1 Å². The Morgan fingerprint density at radius 1 is 0.232 bits per heavy atom. The van der Waals surface area contributed by atoms with Gasteiger partial charge >= 0.3 is 0 Å². The number of nitrogens with zero attached hydrogens (tertiary/aromatic N) is 6. The third-order valence-corrected chi connectivity index (χ3v) is 17.1. The number of hydrogen-bond acceptors (Lipinski definition) is 4. The van der Waals surface area contributed by atoms with Gasteiger partial charge in [0.2, 0.25) is 0 Å². The predicted molar refractivity (Wildman–Crippen MR) is 334 cm³/mol. The van der Waals surface area contributed by atoms with Gasteiger partial charge < -0.3 is 9.13 Å². The van der Waals surface area contributed by atoms with E-state index in [1.807, 2.05) is 12.1 Å². The summed E-state index contributed by atoms with van der Waals surface area (Å²) in [5.41, 5.74) is 24.3. The molecule has 4 aromatic heterocycles. The topological polar surface area (TPSA) is 61.4 Å². The quantitative estimate of drug-likeness (QED) is 0.152. The largest absolute Gasteiger partial charge is 0.309 e. The van der Waals surface area contributed by atoms with Gasteiger partial charge in [-0.05, 0) is 94.0 Å². The highest BCUT2D eigenvalue weighted by Crippen LogP contribution is 2.57. The van der Waals surface area contributed by atoms with Crippen molar-refractivity contribution in [2.45, 2.75) is 11.8 Å².